The van der Waals surface area contributed by atoms with Gasteiger partial charge in [-0.15, -0.1) is 0 Å². The van der Waals surface area contributed by atoms with Crippen LogP contribution in [0.4, 0.5) is 4.79 Å². The number of rotatable bonds is 7. The van der Waals surface area contributed by atoms with Gasteiger partial charge in [-0.3, -0.25) is 19.3 Å². The number of hydrogen-bond acceptors (Lipinski definition) is 6. The van der Waals surface area contributed by atoms with E-state index < -0.39 is 23.7 Å². The number of nitrogens with zero attached hydrogens (tertiary/aromatic N) is 1. The number of amides is 2. The lowest BCUT2D eigenvalue weighted by Crippen LogP contribution is -2.35. The largest absolute Gasteiger partial charge is 0.493 e. The molecule has 2 rings (SSSR count). The number of hydrogen-bond donors (Lipinski definition) is 0. The third-order valence-corrected chi connectivity index (χ3v) is 4.77. The predicted octanol–water partition coefficient (Wildman–Crippen LogP) is 4.12. The molecule has 1 atom stereocenters. The zero-order chi connectivity index (χ0) is 19.3. The van der Waals surface area contributed by atoms with Gasteiger partial charge in [-0.1, -0.05) is 18.5 Å². The highest BCUT2D eigenvalue weighted by atomic mass is 35.5. The maximum atomic E-state index is 12.5. The van der Waals surface area contributed by atoms with Gasteiger partial charge in [0.2, 0.25) is 0 Å². The molecule has 1 aliphatic heterocycles. The lowest BCUT2D eigenvalue weighted by atomic mass is 10.2. The second-order valence-corrected chi connectivity index (χ2v) is 7.02. The first-order valence-corrected chi connectivity index (χ1v) is 9.42. The Hall–Kier alpha value is -1.99. The Kier molecular flexibility index (Phi) is 7.11. The molecule has 26 heavy (non-hydrogen) atoms. The Bertz CT molecular complexity index is 749. The summed E-state index contributed by atoms with van der Waals surface area (Å²) >= 11 is 6.78. The normalized spacial score (nSPS) is 16.9. The van der Waals surface area contributed by atoms with Crippen molar-refractivity contribution in [2.24, 2.45) is 0 Å². The Morgan fingerprint density at radius 1 is 1.35 bits per heavy atom. The molecule has 1 heterocycles. The van der Waals surface area contributed by atoms with Crippen molar-refractivity contribution in [2.75, 3.05) is 13.2 Å². The van der Waals surface area contributed by atoms with E-state index in [9.17, 15) is 14.4 Å². The van der Waals surface area contributed by atoms with Crippen LogP contribution in [0.15, 0.2) is 23.1 Å². The van der Waals surface area contributed by atoms with E-state index in [1.165, 1.54) is 0 Å². The Balaban J connectivity index is 2.19. The standard InChI is InChI=1S/C18H20ClNO5S/c1-4-11(3)25-16(21)10-20-17(22)15(26-18(20)23)9-12-8-13(19)6-7-14(12)24-5-2/h6-9,11H,4-5,10H2,1-3H3/b15-9+/t11-/m0/s1. The van der Waals surface area contributed by atoms with Gasteiger partial charge in [-0.05, 0) is 56.3 Å². The van der Waals surface area contributed by atoms with E-state index >= 15 is 0 Å². The maximum absolute atomic E-state index is 12.5. The van der Waals surface area contributed by atoms with Gasteiger partial charge in [-0.25, -0.2) is 0 Å². The molecule has 0 saturated carbocycles. The van der Waals surface area contributed by atoms with Crippen molar-refractivity contribution in [1.29, 1.82) is 0 Å². The Labute approximate surface area is 161 Å². The van der Waals surface area contributed by atoms with Crippen LogP contribution in [0.25, 0.3) is 6.08 Å². The van der Waals surface area contributed by atoms with Crippen molar-refractivity contribution < 1.29 is 23.9 Å². The second kappa shape index (κ2) is 9.09. The quantitative estimate of drug-likeness (QED) is 0.509. The van der Waals surface area contributed by atoms with Gasteiger partial charge < -0.3 is 9.47 Å². The molecule has 6 nitrogen and oxygen atoms in total. The average Bonchev–Trinajstić information content (AvgIpc) is 2.84. The molecule has 0 bridgehead atoms. The zero-order valence-corrected chi connectivity index (χ0v) is 16.4. The molecular weight excluding hydrogens is 378 g/mol. The summed E-state index contributed by atoms with van der Waals surface area (Å²) in [5.74, 6) is -0.593. The van der Waals surface area contributed by atoms with Crippen LogP contribution in [0.3, 0.4) is 0 Å². The number of ether oxygens (including phenoxy) is 2. The number of esters is 1. The van der Waals surface area contributed by atoms with Crippen LogP contribution in [0.1, 0.15) is 32.8 Å². The number of benzene rings is 1. The zero-order valence-electron chi connectivity index (χ0n) is 14.8. The Morgan fingerprint density at radius 2 is 2.08 bits per heavy atom. The third kappa shape index (κ3) is 5.02. The first-order valence-electron chi connectivity index (χ1n) is 8.22. The van der Waals surface area contributed by atoms with Gasteiger partial charge in [0.25, 0.3) is 11.1 Å². The summed E-state index contributed by atoms with van der Waals surface area (Å²) in [6.07, 6.45) is 1.93. The summed E-state index contributed by atoms with van der Waals surface area (Å²) in [5.41, 5.74) is 0.590. The van der Waals surface area contributed by atoms with Crippen LogP contribution in [0.2, 0.25) is 5.02 Å². The van der Waals surface area contributed by atoms with Crippen molar-refractivity contribution >= 4 is 46.6 Å². The van der Waals surface area contributed by atoms with Crippen LogP contribution in [-0.4, -0.2) is 41.3 Å². The van der Waals surface area contributed by atoms with Crippen LogP contribution in [0.5, 0.6) is 5.75 Å². The summed E-state index contributed by atoms with van der Waals surface area (Å²) in [5, 5.41) is -0.0293. The van der Waals surface area contributed by atoms with Crippen molar-refractivity contribution in [3.05, 3.63) is 33.7 Å². The minimum atomic E-state index is -0.610. The van der Waals surface area contributed by atoms with Crippen molar-refractivity contribution in [2.45, 2.75) is 33.3 Å². The molecule has 0 N–H and O–H groups in total. The van der Waals surface area contributed by atoms with Crippen molar-refractivity contribution in [1.82, 2.24) is 4.90 Å². The van der Waals surface area contributed by atoms with Gasteiger partial charge >= 0.3 is 5.97 Å². The molecule has 1 fully saturated rings. The fraction of sp³-hybridized carbons (Fsp3) is 0.389. The van der Waals surface area contributed by atoms with Crippen molar-refractivity contribution in [3.8, 4) is 5.75 Å². The van der Waals surface area contributed by atoms with Gasteiger partial charge in [0.05, 0.1) is 17.6 Å². The SMILES string of the molecule is CCOc1ccc(Cl)cc1/C=C1/SC(=O)N(CC(=O)O[C@@H](C)CC)C1=O. The lowest BCUT2D eigenvalue weighted by molar-refractivity contribution is -0.150. The van der Waals surface area contributed by atoms with Crippen LogP contribution >= 0.6 is 23.4 Å². The van der Waals surface area contributed by atoms with E-state index in [1.807, 2.05) is 13.8 Å². The second-order valence-electron chi connectivity index (χ2n) is 5.59. The molecule has 0 radical (unpaired) electrons. The predicted molar refractivity (Wildman–Crippen MR) is 101 cm³/mol. The van der Waals surface area contributed by atoms with Gasteiger partial charge in [-0.2, -0.15) is 0 Å². The number of carbonyl (C=O) groups excluding carboxylic acids is 3. The average molecular weight is 398 g/mol. The van der Waals surface area contributed by atoms with Gasteiger partial charge in [0.15, 0.2) is 0 Å². The molecule has 1 aromatic rings. The fourth-order valence-electron chi connectivity index (χ4n) is 2.17. The molecule has 8 heteroatoms. The highest BCUT2D eigenvalue weighted by Gasteiger charge is 2.37. The molecule has 0 unspecified atom stereocenters. The number of imide groups is 1. The van der Waals surface area contributed by atoms with E-state index in [2.05, 4.69) is 0 Å². The van der Waals surface area contributed by atoms with Crippen LogP contribution in [-0.2, 0) is 14.3 Å². The molecule has 140 valence electrons. The topological polar surface area (TPSA) is 72.9 Å². The summed E-state index contributed by atoms with van der Waals surface area (Å²) in [6.45, 7) is 5.52. The highest BCUT2D eigenvalue weighted by molar-refractivity contribution is 8.18. The van der Waals surface area contributed by atoms with Crippen LogP contribution in [0, 0.1) is 0 Å². The van der Waals surface area contributed by atoms with Crippen LogP contribution < -0.4 is 4.74 Å². The summed E-state index contributed by atoms with van der Waals surface area (Å²) in [6, 6.07) is 5.03. The number of thioether (sulfide) groups is 1. The first-order chi connectivity index (χ1) is 12.3. The molecule has 1 aliphatic rings. The minimum absolute atomic E-state index is 0.203. The molecule has 0 aromatic heterocycles. The molecular formula is C18H20ClNO5S. The first kappa shape index (κ1) is 20.3. The van der Waals surface area contributed by atoms with E-state index in [1.54, 1.807) is 31.2 Å². The third-order valence-electron chi connectivity index (χ3n) is 3.63. The highest BCUT2D eigenvalue weighted by Crippen LogP contribution is 2.34. The number of carbonyl (C=O) groups is 3. The molecule has 0 aliphatic carbocycles. The van der Waals surface area contributed by atoms with E-state index in [4.69, 9.17) is 21.1 Å². The van der Waals surface area contributed by atoms with Crippen molar-refractivity contribution in [3.63, 3.8) is 0 Å². The Morgan fingerprint density at radius 3 is 2.73 bits per heavy atom. The lowest BCUT2D eigenvalue weighted by Gasteiger charge is -2.14. The fourth-order valence-corrected chi connectivity index (χ4v) is 3.18. The smallest absolute Gasteiger partial charge is 0.326 e. The minimum Gasteiger partial charge on any atom is -0.493 e. The monoisotopic (exact) mass is 397 g/mol. The van der Waals surface area contributed by atoms with Gasteiger partial charge in [0.1, 0.15) is 12.3 Å². The number of halogens is 1. The summed E-state index contributed by atoms with van der Waals surface area (Å²) < 4.78 is 10.6. The molecule has 1 saturated heterocycles. The molecule has 1 aromatic carbocycles. The molecule has 0 spiro atoms. The van der Waals surface area contributed by atoms with E-state index in [-0.39, 0.29) is 11.0 Å². The van der Waals surface area contributed by atoms with E-state index in [0.29, 0.717) is 29.4 Å². The maximum Gasteiger partial charge on any atom is 0.326 e. The summed E-state index contributed by atoms with van der Waals surface area (Å²) in [4.78, 5) is 37.6. The summed E-state index contributed by atoms with van der Waals surface area (Å²) in [7, 11) is 0. The molecule has 2 amide bonds. The van der Waals surface area contributed by atoms with E-state index in [0.717, 1.165) is 16.7 Å². The van der Waals surface area contributed by atoms with Gasteiger partial charge in [0, 0.05) is 10.6 Å².